The van der Waals surface area contributed by atoms with Gasteiger partial charge >= 0.3 is 5.97 Å². The maximum absolute atomic E-state index is 11.0. The number of hydrogen-bond acceptors (Lipinski definition) is 1. The molecular formula is C24H28O2. The molecule has 1 atom stereocenters. The van der Waals surface area contributed by atoms with Crippen molar-refractivity contribution in [3.05, 3.63) is 70.3 Å². The summed E-state index contributed by atoms with van der Waals surface area (Å²) < 4.78 is 0. The molecule has 0 bridgehead atoms. The summed E-state index contributed by atoms with van der Waals surface area (Å²) in [5, 5.41) is 9.03. The van der Waals surface area contributed by atoms with Crippen LogP contribution >= 0.6 is 0 Å². The molecule has 1 aliphatic carbocycles. The van der Waals surface area contributed by atoms with Crippen LogP contribution in [-0.4, -0.2) is 11.1 Å². The first-order valence-electron chi connectivity index (χ1n) is 9.44. The summed E-state index contributed by atoms with van der Waals surface area (Å²) >= 11 is 0. The van der Waals surface area contributed by atoms with Crippen molar-refractivity contribution in [3.8, 4) is 0 Å². The van der Waals surface area contributed by atoms with E-state index in [1.54, 1.807) is 12.1 Å². The fourth-order valence-corrected chi connectivity index (χ4v) is 4.01. The zero-order chi connectivity index (χ0) is 18.9. The summed E-state index contributed by atoms with van der Waals surface area (Å²) in [4.78, 5) is 11.0. The van der Waals surface area contributed by atoms with E-state index in [0.29, 0.717) is 11.5 Å². The van der Waals surface area contributed by atoms with E-state index < -0.39 is 5.97 Å². The average molecular weight is 348 g/mol. The largest absolute Gasteiger partial charge is 0.478 e. The second-order valence-electron chi connectivity index (χ2n) is 8.23. The predicted octanol–water partition coefficient (Wildman–Crippen LogP) is 6.51. The molecule has 0 amide bonds. The minimum atomic E-state index is -0.889. The van der Waals surface area contributed by atoms with Crippen LogP contribution in [0.3, 0.4) is 0 Å². The zero-order valence-corrected chi connectivity index (χ0v) is 16.2. The van der Waals surface area contributed by atoms with Crippen LogP contribution in [0.15, 0.2) is 42.5 Å². The molecule has 1 aliphatic rings. The molecule has 2 heteroatoms. The quantitative estimate of drug-likeness (QED) is 0.507. The van der Waals surface area contributed by atoms with Crippen molar-refractivity contribution in [2.75, 3.05) is 0 Å². The molecule has 0 heterocycles. The third kappa shape index (κ3) is 3.75. The van der Waals surface area contributed by atoms with E-state index in [1.165, 1.54) is 41.5 Å². The molecule has 1 unspecified atom stereocenters. The van der Waals surface area contributed by atoms with Crippen LogP contribution < -0.4 is 0 Å². The van der Waals surface area contributed by atoms with E-state index in [0.717, 1.165) is 5.56 Å². The summed E-state index contributed by atoms with van der Waals surface area (Å²) in [6, 6.07) is 14.0. The van der Waals surface area contributed by atoms with E-state index in [1.807, 2.05) is 12.1 Å². The minimum Gasteiger partial charge on any atom is -0.478 e. The molecule has 2 aromatic carbocycles. The van der Waals surface area contributed by atoms with Crippen molar-refractivity contribution in [3.63, 3.8) is 0 Å². The highest BCUT2D eigenvalue weighted by molar-refractivity contribution is 5.88. The lowest BCUT2D eigenvalue weighted by Crippen LogP contribution is -2.17. The van der Waals surface area contributed by atoms with Crippen molar-refractivity contribution >= 4 is 17.6 Å². The van der Waals surface area contributed by atoms with Crippen LogP contribution in [-0.2, 0) is 5.41 Å². The van der Waals surface area contributed by atoms with E-state index in [-0.39, 0.29) is 5.41 Å². The average Bonchev–Trinajstić information content (AvgIpc) is 2.71. The topological polar surface area (TPSA) is 37.3 Å². The van der Waals surface area contributed by atoms with E-state index >= 15 is 0 Å². The Morgan fingerprint density at radius 2 is 1.77 bits per heavy atom. The number of fused-ring (bicyclic) bond motifs is 1. The van der Waals surface area contributed by atoms with E-state index in [9.17, 15) is 4.79 Å². The number of aromatic carboxylic acids is 1. The molecule has 0 radical (unpaired) electrons. The summed E-state index contributed by atoms with van der Waals surface area (Å²) in [5.41, 5.74) is 6.97. The fourth-order valence-electron chi connectivity index (χ4n) is 4.01. The monoisotopic (exact) mass is 348 g/mol. The Balaban J connectivity index is 1.96. The summed E-state index contributed by atoms with van der Waals surface area (Å²) in [6.45, 7) is 9.18. The minimum absolute atomic E-state index is 0.208. The Hall–Kier alpha value is -2.35. The van der Waals surface area contributed by atoms with Gasteiger partial charge in [-0.25, -0.2) is 4.79 Å². The summed E-state index contributed by atoms with van der Waals surface area (Å²) in [7, 11) is 0. The highest BCUT2D eigenvalue weighted by atomic mass is 16.4. The van der Waals surface area contributed by atoms with Gasteiger partial charge in [0.15, 0.2) is 0 Å². The van der Waals surface area contributed by atoms with Crippen molar-refractivity contribution in [1.82, 2.24) is 0 Å². The molecule has 0 aliphatic heterocycles. The molecular weight excluding hydrogens is 320 g/mol. The van der Waals surface area contributed by atoms with Gasteiger partial charge in [-0.05, 0) is 71.1 Å². The number of allylic oxidation sites excluding steroid dienone is 1. The Morgan fingerprint density at radius 3 is 2.42 bits per heavy atom. The van der Waals surface area contributed by atoms with Crippen LogP contribution in [0.1, 0.15) is 85.5 Å². The van der Waals surface area contributed by atoms with Crippen LogP contribution in [0.4, 0.5) is 0 Å². The first-order chi connectivity index (χ1) is 12.3. The number of carboxylic acid groups (broad SMARTS) is 1. The second kappa shape index (κ2) is 7.11. The van der Waals surface area contributed by atoms with Crippen molar-refractivity contribution in [2.45, 2.75) is 58.3 Å². The Bertz CT molecular complexity index is 841. The van der Waals surface area contributed by atoms with Crippen LogP contribution in [0, 0.1) is 0 Å². The first kappa shape index (κ1) is 18.4. The normalized spacial score (nSPS) is 19.5. The van der Waals surface area contributed by atoms with Crippen molar-refractivity contribution in [2.24, 2.45) is 0 Å². The Morgan fingerprint density at radius 1 is 1.12 bits per heavy atom. The van der Waals surface area contributed by atoms with Crippen LogP contribution in [0.25, 0.3) is 11.6 Å². The van der Waals surface area contributed by atoms with Gasteiger partial charge in [0.25, 0.3) is 0 Å². The molecule has 0 spiro atoms. The number of rotatable bonds is 3. The summed E-state index contributed by atoms with van der Waals surface area (Å²) in [6.07, 6.45) is 5.90. The molecule has 2 nitrogen and oxygen atoms in total. The predicted molar refractivity (Wildman–Crippen MR) is 109 cm³/mol. The molecule has 136 valence electrons. The van der Waals surface area contributed by atoms with Crippen molar-refractivity contribution < 1.29 is 9.90 Å². The lowest BCUT2D eigenvalue weighted by molar-refractivity contribution is 0.0697. The van der Waals surface area contributed by atoms with Crippen molar-refractivity contribution in [1.29, 1.82) is 0 Å². The molecule has 3 rings (SSSR count). The van der Waals surface area contributed by atoms with Gasteiger partial charge in [-0.3, -0.25) is 0 Å². The highest BCUT2D eigenvalue weighted by Gasteiger charge is 2.28. The standard InChI is InChI=1S/C24H28O2/c1-16-6-5-13-24(3,4)22-15-20(11-12-21(16)22)17(2)14-18-7-9-19(10-8-18)23(25)26/h7-12,14-16H,5-6,13H2,1-4H3,(H,25,26). The second-order valence-corrected chi connectivity index (χ2v) is 8.23. The maximum atomic E-state index is 11.0. The van der Waals surface area contributed by atoms with Gasteiger partial charge in [0.05, 0.1) is 5.56 Å². The third-order valence-corrected chi connectivity index (χ3v) is 5.75. The molecule has 0 fully saturated rings. The molecule has 2 aromatic rings. The summed E-state index contributed by atoms with van der Waals surface area (Å²) in [5.74, 6) is -0.270. The highest BCUT2D eigenvalue weighted by Crippen LogP contribution is 2.41. The third-order valence-electron chi connectivity index (χ3n) is 5.75. The van der Waals surface area contributed by atoms with Gasteiger partial charge in [0, 0.05) is 0 Å². The number of hydrogen-bond donors (Lipinski definition) is 1. The first-order valence-corrected chi connectivity index (χ1v) is 9.44. The van der Waals surface area contributed by atoms with Gasteiger partial charge in [-0.1, -0.05) is 63.6 Å². The lowest BCUT2D eigenvalue weighted by atomic mass is 9.78. The lowest BCUT2D eigenvalue weighted by Gasteiger charge is -2.27. The molecule has 26 heavy (non-hydrogen) atoms. The zero-order valence-electron chi connectivity index (χ0n) is 16.2. The molecule has 0 aromatic heterocycles. The van der Waals surface area contributed by atoms with E-state index in [2.05, 4.69) is 52.0 Å². The Kier molecular flexibility index (Phi) is 5.04. The maximum Gasteiger partial charge on any atom is 0.335 e. The van der Waals surface area contributed by atoms with Gasteiger partial charge in [0.2, 0.25) is 0 Å². The smallest absolute Gasteiger partial charge is 0.335 e. The SMILES string of the molecule is CC(=Cc1ccc(C(=O)O)cc1)c1ccc2c(c1)C(C)(C)CCCC2C. The van der Waals surface area contributed by atoms with Gasteiger partial charge < -0.3 is 5.11 Å². The molecule has 0 saturated carbocycles. The molecule has 1 N–H and O–H groups in total. The van der Waals surface area contributed by atoms with E-state index in [4.69, 9.17) is 5.11 Å². The Labute approximate surface area is 156 Å². The fraction of sp³-hybridized carbons (Fsp3) is 0.375. The van der Waals surface area contributed by atoms with Gasteiger partial charge in [-0.15, -0.1) is 0 Å². The number of carbonyl (C=O) groups is 1. The molecule has 0 saturated heterocycles. The van der Waals surface area contributed by atoms with Gasteiger partial charge in [-0.2, -0.15) is 0 Å². The van der Waals surface area contributed by atoms with Crippen LogP contribution in [0.5, 0.6) is 0 Å². The number of carboxylic acids is 1. The number of benzene rings is 2. The van der Waals surface area contributed by atoms with Gasteiger partial charge in [0.1, 0.15) is 0 Å². The van der Waals surface area contributed by atoms with Crippen LogP contribution in [0.2, 0.25) is 0 Å².